The fourth-order valence-corrected chi connectivity index (χ4v) is 12.7. The minimum atomic E-state index is -1.78. The molecule has 3 fully saturated rings. The SMILES string of the molecule is CC1C(N2CCCC2)C2C=C3C(=CC2C1[Si](C)(C)[N-]C(C)(C)C)C(C)(C)CCC3(C)C.[CH2-]C.[Cl][Ti][Cl]. The first-order valence-corrected chi connectivity index (χ1v) is 21.5. The van der Waals surface area contributed by atoms with E-state index in [2.05, 4.69) is 92.5 Å². The zero-order valence-electron chi connectivity index (χ0n) is 25.1. The molecule has 0 bridgehead atoms. The number of halogens is 2. The summed E-state index contributed by atoms with van der Waals surface area (Å²) in [5.41, 5.74) is 4.78. The van der Waals surface area contributed by atoms with Crippen molar-refractivity contribution in [2.75, 3.05) is 13.1 Å². The molecule has 1 saturated heterocycles. The number of rotatable bonds is 3. The van der Waals surface area contributed by atoms with Crippen molar-refractivity contribution < 1.29 is 17.0 Å². The van der Waals surface area contributed by atoms with Gasteiger partial charge in [-0.2, -0.15) is 6.92 Å². The molecule has 6 heteroatoms. The quantitative estimate of drug-likeness (QED) is 0.237. The molecule has 36 heavy (non-hydrogen) atoms. The molecule has 0 radical (unpaired) electrons. The first kappa shape index (κ1) is 33.1. The van der Waals surface area contributed by atoms with Crippen molar-refractivity contribution in [1.82, 2.24) is 4.90 Å². The third-order valence-electron chi connectivity index (χ3n) is 9.20. The van der Waals surface area contributed by atoms with Gasteiger partial charge in [0.2, 0.25) is 0 Å². The second kappa shape index (κ2) is 12.6. The van der Waals surface area contributed by atoms with E-state index in [-0.39, 0.29) is 5.54 Å². The number of nitrogens with zero attached hydrogens (tertiary/aromatic N) is 2. The third kappa shape index (κ3) is 7.15. The average molecular weight is 590 g/mol. The molecule has 0 amide bonds. The van der Waals surface area contributed by atoms with Gasteiger partial charge in [-0.25, -0.2) is 0 Å². The van der Waals surface area contributed by atoms with Crippen LogP contribution in [0.25, 0.3) is 4.98 Å². The van der Waals surface area contributed by atoms with Gasteiger partial charge in [-0.3, -0.25) is 4.90 Å². The van der Waals surface area contributed by atoms with Crippen molar-refractivity contribution in [1.29, 1.82) is 0 Å². The van der Waals surface area contributed by atoms with Crippen molar-refractivity contribution in [3.63, 3.8) is 0 Å². The minimum absolute atomic E-state index is 0.0611. The van der Waals surface area contributed by atoms with E-state index in [1.54, 1.807) is 18.1 Å². The molecule has 5 atom stereocenters. The van der Waals surface area contributed by atoms with Crippen LogP contribution in [0.15, 0.2) is 23.3 Å². The maximum absolute atomic E-state index is 5.57. The number of allylic oxidation sites excluding steroid dienone is 3. The van der Waals surface area contributed by atoms with Crippen LogP contribution in [0.3, 0.4) is 0 Å². The molecule has 5 unspecified atom stereocenters. The fourth-order valence-electron chi connectivity index (χ4n) is 8.11. The monoisotopic (exact) mass is 588 g/mol. The standard InChI is InChI=1S/C28H49N2Si.C2H5.2ClH.Ti/c1-19-24(30-15-11-12-16-30)20-17-22-23(28(7,8)14-13-27(22,5)6)18-21(20)25(19)31(9,10)29-26(2,3)4;1-2;;;/h17-21,24-25H,11-16H2,1-10H3;1H2,2H3;2*1H;/q2*-1;;;+2/p-2. The molecule has 0 spiro atoms. The van der Waals surface area contributed by atoms with Gasteiger partial charge in [0.15, 0.2) is 0 Å². The first-order chi connectivity index (χ1) is 16.6. The van der Waals surface area contributed by atoms with Gasteiger partial charge >= 0.3 is 35.6 Å². The van der Waals surface area contributed by atoms with Gasteiger partial charge in [0.25, 0.3) is 0 Å². The van der Waals surface area contributed by atoms with Crippen LogP contribution in [0.4, 0.5) is 0 Å². The van der Waals surface area contributed by atoms with E-state index >= 15 is 0 Å². The van der Waals surface area contributed by atoms with E-state index in [0.717, 1.165) is 11.5 Å². The molecule has 208 valence electrons. The van der Waals surface area contributed by atoms with Crippen LogP contribution in [-0.2, 0) is 17.0 Å². The summed E-state index contributed by atoms with van der Waals surface area (Å²) >= 11 is -0.556. The van der Waals surface area contributed by atoms with Gasteiger partial charge < -0.3 is 11.9 Å². The van der Waals surface area contributed by atoms with Gasteiger partial charge in [-0.05, 0) is 78.5 Å². The summed E-state index contributed by atoms with van der Waals surface area (Å²) in [4.78, 5) is 8.44. The molecule has 4 aliphatic rings. The topological polar surface area (TPSA) is 17.3 Å². The Morgan fingerprint density at radius 1 is 0.944 bits per heavy atom. The normalized spacial score (nSPS) is 33.1. The van der Waals surface area contributed by atoms with Crippen LogP contribution in [0.5, 0.6) is 0 Å². The van der Waals surface area contributed by atoms with Gasteiger partial charge in [0.05, 0.1) is 0 Å². The Labute approximate surface area is 242 Å². The fraction of sp³-hybridized carbons (Fsp3) is 0.833. The predicted molar refractivity (Wildman–Crippen MR) is 161 cm³/mol. The Morgan fingerprint density at radius 3 is 1.78 bits per heavy atom. The Morgan fingerprint density at radius 2 is 1.36 bits per heavy atom. The molecule has 0 aromatic rings. The van der Waals surface area contributed by atoms with Crippen LogP contribution >= 0.6 is 18.6 Å². The van der Waals surface area contributed by atoms with Crippen molar-refractivity contribution in [3.05, 3.63) is 35.2 Å². The number of hydrogen-bond acceptors (Lipinski definition) is 1. The van der Waals surface area contributed by atoms with E-state index in [4.69, 9.17) is 23.6 Å². The van der Waals surface area contributed by atoms with E-state index in [1.807, 2.05) is 0 Å². The summed E-state index contributed by atoms with van der Waals surface area (Å²) in [5, 5.41) is 0. The van der Waals surface area contributed by atoms with Crippen LogP contribution < -0.4 is 0 Å². The Bertz CT molecular complexity index is 793. The molecule has 3 aliphatic carbocycles. The van der Waals surface area contributed by atoms with E-state index in [0.29, 0.717) is 28.7 Å². The van der Waals surface area contributed by atoms with E-state index in [9.17, 15) is 0 Å². The molecule has 2 nitrogen and oxygen atoms in total. The van der Waals surface area contributed by atoms with Crippen molar-refractivity contribution >= 4 is 26.8 Å². The Balaban J connectivity index is 0.000000850. The number of likely N-dealkylation sites (tertiary alicyclic amines) is 1. The molecule has 0 N–H and O–H groups in total. The summed E-state index contributed by atoms with van der Waals surface area (Å²) in [6.07, 6.45) is 11.0. The zero-order chi connectivity index (χ0) is 27.7. The van der Waals surface area contributed by atoms with Gasteiger partial charge in [0, 0.05) is 6.04 Å². The van der Waals surface area contributed by atoms with Crippen LogP contribution in [0.1, 0.15) is 88.0 Å². The summed E-state index contributed by atoms with van der Waals surface area (Å²) in [7, 11) is 7.99. The molecule has 2 saturated carbocycles. The molecule has 0 aromatic heterocycles. The van der Waals surface area contributed by atoms with Crippen LogP contribution in [-0.4, -0.2) is 37.8 Å². The molecular weight excluding hydrogens is 535 g/mol. The summed E-state index contributed by atoms with van der Waals surface area (Å²) in [6, 6.07) is 0.700. The van der Waals surface area contributed by atoms with Crippen molar-refractivity contribution in [2.24, 2.45) is 28.6 Å². The molecule has 1 heterocycles. The van der Waals surface area contributed by atoms with Gasteiger partial charge in [-0.1, -0.05) is 94.4 Å². The van der Waals surface area contributed by atoms with E-state index in [1.165, 1.54) is 38.8 Å². The molecule has 4 rings (SSSR count). The van der Waals surface area contributed by atoms with Gasteiger partial charge in [0.1, 0.15) is 0 Å². The number of fused-ring (bicyclic) bond motifs is 2. The summed E-state index contributed by atoms with van der Waals surface area (Å²) < 4.78 is 0. The third-order valence-corrected chi connectivity index (χ3v) is 13.0. The zero-order valence-corrected chi connectivity index (χ0v) is 29.2. The maximum atomic E-state index is 5.57. The molecule has 1 aliphatic heterocycles. The molecule has 0 aromatic carbocycles. The summed E-state index contributed by atoms with van der Waals surface area (Å²) in [5.74, 6) is 2.06. The average Bonchev–Trinajstić information content (AvgIpc) is 3.36. The van der Waals surface area contributed by atoms with E-state index < -0.39 is 25.3 Å². The van der Waals surface area contributed by atoms with Crippen molar-refractivity contribution in [3.8, 4) is 0 Å². The van der Waals surface area contributed by atoms with Crippen molar-refractivity contribution in [2.45, 2.75) is 118 Å². The van der Waals surface area contributed by atoms with Gasteiger partial charge in [-0.15, -0.1) is 5.54 Å². The summed E-state index contributed by atoms with van der Waals surface area (Å²) in [6.45, 7) is 32.2. The first-order valence-electron chi connectivity index (χ1n) is 14.2. The predicted octanol–water partition coefficient (Wildman–Crippen LogP) is 10.0. The van der Waals surface area contributed by atoms with Crippen LogP contribution in [0, 0.1) is 35.5 Å². The second-order valence-corrected chi connectivity index (χ2v) is 21.0. The Hall–Kier alpha value is 0.911. The molecular formula is C30H54Cl2N2SiTi-2. The van der Waals surface area contributed by atoms with Crippen LogP contribution in [0.2, 0.25) is 18.6 Å². The second-order valence-electron chi connectivity index (χ2n) is 14.2. The Kier molecular flexibility index (Phi) is 11.6. The number of hydrogen-bond donors (Lipinski definition) is 0.